The Kier molecular flexibility index (Phi) is 5.18. The van der Waals surface area contributed by atoms with Gasteiger partial charge in [-0.05, 0) is 62.4 Å². The monoisotopic (exact) mass is 274 g/mol. The minimum Gasteiger partial charge on any atom is -0.326 e. The number of piperidine rings is 1. The molecule has 3 nitrogen and oxygen atoms in total. The molecule has 0 aliphatic carbocycles. The normalized spacial score (nSPS) is 19.9. The molecule has 1 atom stereocenters. The molecule has 20 heavy (non-hydrogen) atoms. The molecule has 3 heteroatoms. The van der Waals surface area contributed by atoms with Crippen LogP contribution in [-0.2, 0) is 4.79 Å². The molecule has 110 valence electrons. The van der Waals surface area contributed by atoms with Crippen LogP contribution in [0.4, 0.5) is 5.69 Å². The molecule has 1 heterocycles. The SMILES string of the molecule is Cc1ccc(NC(=O)CCN2CCCC(C)C2)cc1C. The number of rotatable bonds is 4. The Morgan fingerprint density at radius 2 is 2.15 bits per heavy atom. The van der Waals surface area contributed by atoms with Crippen LogP contribution >= 0.6 is 0 Å². The lowest BCUT2D eigenvalue weighted by Crippen LogP contribution is -2.36. The third-order valence-corrected chi connectivity index (χ3v) is 4.19. The molecule has 1 N–H and O–H groups in total. The van der Waals surface area contributed by atoms with Gasteiger partial charge in [0.25, 0.3) is 0 Å². The van der Waals surface area contributed by atoms with Crippen LogP contribution in [0, 0.1) is 19.8 Å². The number of benzene rings is 1. The Labute approximate surface area is 122 Å². The predicted octanol–water partition coefficient (Wildman–Crippen LogP) is 3.36. The zero-order chi connectivity index (χ0) is 14.5. The molecule has 1 amide bonds. The van der Waals surface area contributed by atoms with Crippen LogP contribution in [0.3, 0.4) is 0 Å². The molecule has 0 aromatic heterocycles. The van der Waals surface area contributed by atoms with Crippen LogP contribution in [0.2, 0.25) is 0 Å². The zero-order valence-corrected chi connectivity index (χ0v) is 12.9. The van der Waals surface area contributed by atoms with E-state index < -0.39 is 0 Å². The van der Waals surface area contributed by atoms with E-state index in [-0.39, 0.29) is 5.91 Å². The fourth-order valence-corrected chi connectivity index (χ4v) is 2.79. The van der Waals surface area contributed by atoms with Gasteiger partial charge in [0.1, 0.15) is 0 Å². The van der Waals surface area contributed by atoms with Gasteiger partial charge in [0, 0.05) is 25.2 Å². The van der Waals surface area contributed by atoms with E-state index in [2.05, 4.69) is 37.1 Å². The first-order valence-corrected chi connectivity index (χ1v) is 7.64. The van der Waals surface area contributed by atoms with Crippen LogP contribution in [0.5, 0.6) is 0 Å². The molecule has 1 fully saturated rings. The Morgan fingerprint density at radius 3 is 2.85 bits per heavy atom. The van der Waals surface area contributed by atoms with Crippen molar-refractivity contribution < 1.29 is 4.79 Å². The fourth-order valence-electron chi connectivity index (χ4n) is 2.79. The predicted molar refractivity (Wildman–Crippen MR) is 84.0 cm³/mol. The van der Waals surface area contributed by atoms with Crippen molar-refractivity contribution >= 4 is 11.6 Å². The summed E-state index contributed by atoms with van der Waals surface area (Å²) in [5, 5.41) is 3.00. The molecule has 1 aliphatic heterocycles. The second-order valence-electron chi connectivity index (χ2n) is 6.15. The lowest BCUT2D eigenvalue weighted by molar-refractivity contribution is -0.116. The largest absolute Gasteiger partial charge is 0.326 e. The van der Waals surface area contributed by atoms with E-state index in [1.807, 2.05) is 12.1 Å². The van der Waals surface area contributed by atoms with E-state index in [4.69, 9.17) is 0 Å². The lowest BCUT2D eigenvalue weighted by Gasteiger charge is -2.30. The number of hydrogen-bond donors (Lipinski definition) is 1. The third kappa shape index (κ3) is 4.34. The van der Waals surface area contributed by atoms with Crippen molar-refractivity contribution in [2.45, 2.75) is 40.0 Å². The molecular weight excluding hydrogens is 248 g/mol. The molecule has 0 spiro atoms. The van der Waals surface area contributed by atoms with E-state index >= 15 is 0 Å². The van der Waals surface area contributed by atoms with Gasteiger partial charge in [0.2, 0.25) is 5.91 Å². The quantitative estimate of drug-likeness (QED) is 0.913. The van der Waals surface area contributed by atoms with Gasteiger partial charge in [0.05, 0.1) is 0 Å². The summed E-state index contributed by atoms with van der Waals surface area (Å²) < 4.78 is 0. The summed E-state index contributed by atoms with van der Waals surface area (Å²) in [7, 11) is 0. The molecule has 0 bridgehead atoms. The molecule has 0 radical (unpaired) electrons. The maximum absolute atomic E-state index is 12.0. The minimum atomic E-state index is 0.117. The number of nitrogens with one attached hydrogen (secondary N) is 1. The van der Waals surface area contributed by atoms with E-state index in [1.54, 1.807) is 0 Å². The molecular formula is C17H26N2O. The van der Waals surface area contributed by atoms with Gasteiger partial charge in [0.15, 0.2) is 0 Å². The van der Waals surface area contributed by atoms with E-state index in [1.165, 1.54) is 24.0 Å². The molecule has 2 rings (SSSR count). The number of carbonyl (C=O) groups excluding carboxylic acids is 1. The third-order valence-electron chi connectivity index (χ3n) is 4.19. The molecule has 1 aromatic carbocycles. The summed E-state index contributed by atoms with van der Waals surface area (Å²) in [5.41, 5.74) is 3.38. The van der Waals surface area contributed by atoms with Crippen molar-refractivity contribution in [2.75, 3.05) is 25.0 Å². The summed E-state index contributed by atoms with van der Waals surface area (Å²) in [6, 6.07) is 6.07. The van der Waals surface area contributed by atoms with Gasteiger partial charge < -0.3 is 10.2 Å². The van der Waals surface area contributed by atoms with E-state index in [9.17, 15) is 4.79 Å². The van der Waals surface area contributed by atoms with E-state index in [0.29, 0.717) is 6.42 Å². The minimum absolute atomic E-state index is 0.117. The number of amides is 1. The van der Waals surface area contributed by atoms with Gasteiger partial charge in [-0.1, -0.05) is 13.0 Å². The van der Waals surface area contributed by atoms with Gasteiger partial charge in [-0.15, -0.1) is 0 Å². The van der Waals surface area contributed by atoms with Crippen LogP contribution in [0.25, 0.3) is 0 Å². The Morgan fingerprint density at radius 1 is 1.35 bits per heavy atom. The summed E-state index contributed by atoms with van der Waals surface area (Å²) >= 11 is 0. The van der Waals surface area contributed by atoms with Gasteiger partial charge >= 0.3 is 0 Å². The van der Waals surface area contributed by atoms with Crippen LogP contribution in [0.15, 0.2) is 18.2 Å². The maximum atomic E-state index is 12.0. The van der Waals surface area contributed by atoms with Crippen molar-refractivity contribution in [2.24, 2.45) is 5.92 Å². The molecule has 1 saturated heterocycles. The number of carbonyl (C=O) groups is 1. The number of hydrogen-bond acceptors (Lipinski definition) is 2. The fraction of sp³-hybridized carbons (Fsp3) is 0.588. The van der Waals surface area contributed by atoms with Crippen LogP contribution in [0.1, 0.15) is 37.3 Å². The smallest absolute Gasteiger partial charge is 0.225 e. The summed E-state index contributed by atoms with van der Waals surface area (Å²) in [4.78, 5) is 14.4. The summed E-state index contributed by atoms with van der Waals surface area (Å²) in [6.07, 6.45) is 3.17. The first kappa shape index (κ1) is 15.0. The Bertz CT molecular complexity index is 470. The molecule has 1 aromatic rings. The van der Waals surface area contributed by atoms with Crippen molar-refractivity contribution in [3.63, 3.8) is 0 Å². The first-order chi connectivity index (χ1) is 9.54. The zero-order valence-electron chi connectivity index (χ0n) is 12.9. The first-order valence-electron chi connectivity index (χ1n) is 7.64. The number of anilines is 1. The number of likely N-dealkylation sites (tertiary alicyclic amines) is 1. The maximum Gasteiger partial charge on any atom is 0.225 e. The van der Waals surface area contributed by atoms with Gasteiger partial charge in [-0.2, -0.15) is 0 Å². The van der Waals surface area contributed by atoms with E-state index in [0.717, 1.165) is 31.2 Å². The van der Waals surface area contributed by atoms with Crippen molar-refractivity contribution in [3.8, 4) is 0 Å². The Hall–Kier alpha value is -1.35. The van der Waals surface area contributed by atoms with Crippen LogP contribution < -0.4 is 5.32 Å². The highest BCUT2D eigenvalue weighted by Crippen LogP contribution is 2.16. The summed E-state index contributed by atoms with van der Waals surface area (Å²) in [6.45, 7) is 9.60. The van der Waals surface area contributed by atoms with Gasteiger partial charge in [-0.3, -0.25) is 4.79 Å². The topological polar surface area (TPSA) is 32.3 Å². The van der Waals surface area contributed by atoms with Crippen molar-refractivity contribution in [3.05, 3.63) is 29.3 Å². The van der Waals surface area contributed by atoms with Gasteiger partial charge in [-0.25, -0.2) is 0 Å². The number of aryl methyl sites for hydroxylation is 2. The Balaban J connectivity index is 1.78. The highest BCUT2D eigenvalue weighted by atomic mass is 16.1. The second-order valence-corrected chi connectivity index (χ2v) is 6.15. The van der Waals surface area contributed by atoms with Crippen molar-refractivity contribution in [1.29, 1.82) is 0 Å². The molecule has 0 saturated carbocycles. The number of nitrogens with zero attached hydrogens (tertiary/aromatic N) is 1. The average Bonchev–Trinajstić information content (AvgIpc) is 2.41. The van der Waals surface area contributed by atoms with Crippen LogP contribution in [-0.4, -0.2) is 30.4 Å². The highest BCUT2D eigenvalue weighted by Gasteiger charge is 2.16. The van der Waals surface area contributed by atoms with Crippen molar-refractivity contribution in [1.82, 2.24) is 4.90 Å². The second kappa shape index (κ2) is 6.89. The lowest BCUT2D eigenvalue weighted by atomic mass is 10.0. The molecule has 1 unspecified atom stereocenters. The summed E-state index contributed by atoms with van der Waals surface area (Å²) in [5.74, 6) is 0.887. The molecule has 1 aliphatic rings. The standard InChI is InChI=1S/C17H26N2O/c1-13-5-4-9-19(12-13)10-8-17(20)18-16-7-6-14(2)15(3)11-16/h6-7,11,13H,4-5,8-10,12H2,1-3H3,(H,18,20). The average molecular weight is 274 g/mol. The highest BCUT2D eigenvalue weighted by molar-refractivity contribution is 5.90.